The lowest BCUT2D eigenvalue weighted by atomic mass is 10.2. The van der Waals surface area contributed by atoms with Crippen LogP contribution in [0.4, 0.5) is 23.7 Å². The Morgan fingerprint density at radius 1 is 1.23 bits per heavy atom. The predicted molar refractivity (Wildman–Crippen MR) is 69.3 cm³/mol. The normalized spacial score (nSPS) is 18.8. The van der Waals surface area contributed by atoms with Gasteiger partial charge in [-0.25, -0.2) is 13.2 Å². The number of alkyl halides is 3. The van der Waals surface area contributed by atoms with Gasteiger partial charge < -0.3 is 5.32 Å². The number of anilines is 1. The van der Waals surface area contributed by atoms with Crippen LogP contribution in [0.25, 0.3) is 0 Å². The van der Waals surface area contributed by atoms with Gasteiger partial charge in [-0.3, -0.25) is 14.8 Å². The summed E-state index contributed by atoms with van der Waals surface area (Å²) in [4.78, 5) is 22.1. The topological polar surface area (TPSA) is 104 Å². The smallest absolute Gasteiger partial charge is 0.325 e. The summed E-state index contributed by atoms with van der Waals surface area (Å²) in [6.07, 6.45) is -4.61. The van der Waals surface area contributed by atoms with Crippen LogP contribution in [0.5, 0.6) is 0 Å². The Kier molecular flexibility index (Phi) is 4.00. The Bertz CT molecular complexity index is 718. The molecule has 1 heterocycles. The number of nitrogens with one attached hydrogen (secondary N) is 3. The van der Waals surface area contributed by atoms with Gasteiger partial charge in [-0.2, -0.15) is 13.2 Å². The number of rotatable bonds is 4. The maximum atomic E-state index is 12.5. The highest BCUT2D eigenvalue weighted by molar-refractivity contribution is 7.92. The molecule has 0 bridgehead atoms. The van der Waals surface area contributed by atoms with E-state index in [1.54, 1.807) is 0 Å². The van der Waals surface area contributed by atoms with Crippen molar-refractivity contribution in [1.29, 1.82) is 0 Å². The fourth-order valence-corrected chi connectivity index (χ4v) is 3.02. The molecule has 11 heteroatoms. The molecule has 0 saturated carbocycles. The van der Waals surface area contributed by atoms with E-state index < -0.39 is 45.5 Å². The van der Waals surface area contributed by atoms with E-state index in [1.807, 2.05) is 10.0 Å². The summed E-state index contributed by atoms with van der Waals surface area (Å²) < 4.78 is 63.3. The molecule has 2 rings (SSSR count). The lowest BCUT2D eigenvalue weighted by Gasteiger charge is -2.12. The van der Waals surface area contributed by atoms with Crippen LogP contribution in [0.15, 0.2) is 24.3 Å². The molecule has 3 amide bonds. The van der Waals surface area contributed by atoms with Crippen LogP contribution < -0.4 is 15.4 Å². The van der Waals surface area contributed by atoms with Crippen molar-refractivity contribution in [3.05, 3.63) is 29.8 Å². The second-order valence-electron chi connectivity index (χ2n) is 4.48. The molecule has 0 unspecified atom stereocenters. The number of halogens is 3. The van der Waals surface area contributed by atoms with E-state index in [2.05, 4.69) is 5.32 Å². The minimum absolute atomic E-state index is 0.292. The third-order valence-electron chi connectivity index (χ3n) is 2.71. The molecule has 1 atom stereocenters. The van der Waals surface area contributed by atoms with Gasteiger partial charge in [0, 0.05) is 5.69 Å². The summed E-state index contributed by atoms with van der Waals surface area (Å²) in [6, 6.07) is 1.48. The standard InChI is InChI=1S/C11H10F3N3O4S/c12-11(13,14)6-2-1-3-7(4-6)17-22(20,21)5-8-9(18)16-10(19)15-8/h1-4,8,17H,5H2,(H2,15,16,18,19)/t8-/m0/s1. The third kappa shape index (κ3) is 3.87. The first-order chi connectivity index (χ1) is 10.1. The van der Waals surface area contributed by atoms with Crippen molar-refractivity contribution in [2.75, 3.05) is 10.5 Å². The summed E-state index contributed by atoms with van der Waals surface area (Å²) in [5.41, 5.74) is -1.31. The van der Waals surface area contributed by atoms with E-state index in [1.165, 1.54) is 0 Å². The number of benzene rings is 1. The molecule has 22 heavy (non-hydrogen) atoms. The maximum Gasteiger partial charge on any atom is 0.416 e. The largest absolute Gasteiger partial charge is 0.416 e. The van der Waals surface area contributed by atoms with Crippen molar-refractivity contribution in [3.8, 4) is 0 Å². The minimum atomic E-state index is -4.61. The molecule has 120 valence electrons. The first kappa shape index (κ1) is 16.1. The van der Waals surface area contributed by atoms with Gasteiger partial charge in [0.1, 0.15) is 6.04 Å². The number of imide groups is 1. The number of carbonyl (C=O) groups is 2. The summed E-state index contributed by atoms with van der Waals surface area (Å²) in [7, 11) is -4.13. The third-order valence-corrected chi connectivity index (χ3v) is 4.03. The van der Waals surface area contributed by atoms with E-state index in [0.717, 1.165) is 18.2 Å². The monoisotopic (exact) mass is 337 g/mol. The van der Waals surface area contributed by atoms with E-state index in [9.17, 15) is 31.2 Å². The molecule has 1 aliphatic rings. The molecule has 1 aromatic rings. The summed E-state index contributed by atoms with van der Waals surface area (Å²) in [5.74, 6) is -1.61. The molecule has 3 N–H and O–H groups in total. The number of urea groups is 1. The molecule has 0 aromatic heterocycles. The summed E-state index contributed by atoms with van der Waals surface area (Å²) in [6.45, 7) is 0. The fourth-order valence-electron chi connectivity index (χ4n) is 1.78. The van der Waals surface area contributed by atoms with Gasteiger partial charge in [0.15, 0.2) is 0 Å². The van der Waals surface area contributed by atoms with Crippen LogP contribution in [0.2, 0.25) is 0 Å². The van der Waals surface area contributed by atoms with Crippen LogP contribution in [0, 0.1) is 0 Å². The van der Waals surface area contributed by atoms with Crippen molar-refractivity contribution in [2.24, 2.45) is 0 Å². The van der Waals surface area contributed by atoms with Crippen LogP contribution in [0.3, 0.4) is 0 Å². The molecule has 1 aromatic carbocycles. The zero-order valence-electron chi connectivity index (χ0n) is 10.8. The molecular weight excluding hydrogens is 327 g/mol. The SMILES string of the molecule is O=C1NC(=O)[C@H](CS(=O)(=O)Nc2cccc(C(F)(F)F)c2)N1. The highest BCUT2D eigenvalue weighted by atomic mass is 32.2. The Morgan fingerprint density at radius 2 is 1.91 bits per heavy atom. The highest BCUT2D eigenvalue weighted by Gasteiger charge is 2.34. The summed E-state index contributed by atoms with van der Waals surface area (Å²) in [5, 5.41) is 3.93. The molecule has 0 spiro atoms. The highest BCUT2D eigenvalue weighted by Crippen LogP contribution is 2.30. The quantitative estimate of drug-likeness (QED) is 0.702. The van der Waals surface area contributed by atoms with Gasteiger partial charge in [-0.15, -0.1) is 0 Å². The van der Waals surface area contributed by atoms with E-state index in [-0.39, 0.29) is 5.69 Å². The van der Waals surface area contributed by atoms with Crippen molar-refractivity contribution < 1.29 is 31.2 Å². The Labute approximate surface area is 122 Å². The first-order valence-electron chi connectivity index (χ1n) is 5.86. The molecule has 1 saturated heterocycles. The van der Waals surface area contributed by atoms with Crippen LogP contribution in [0.1, 0.15) is 5.56 Å². The first-order valence-corrected chi connectivity index (χ1v) is 7.51. The number of amides is 3. The number of sulfonamides is 1. The fraction of sp³-hybridized carbons (Fsp3) is 0.273. The molecular formula is C11H10F3N3O4S. The minimum Gasteiger partial charge on any atom is -0.325 e. The van der Waals surface area contributed by atoms with Gasteiger partial charge in [0.25, 0.3) is 5.91 Å². The average Bonchev–Trinajstić information content (AvgIpc) is 2.65. The van der Waals surface area contributed by atoms with Crippen molar-refractivity contribution in [1.82, 2.24) is 10.6 Å². The van der Waals surface area contributed by atoms with Gasteiger partial charge in [-0.1, -0.05) is 6.07 Å². The van der Waals surface area contributed by atoms with Crippen molar-refractivity contribution >= 4 is 27.6 Å². The molecule has 7 nitrogen and oxygen atoms in total. The lowest BCUT2D eigenvalue weighted by molar-refractivity contribution is -0.137. The molecule has 0 aliphatic carbocycles. The second kappa shape index (κ2) is 5.48. The number of carbonyl (C=O) groups excluding carboxylic acids is 2. The van der Waals surface area contributed by atoms with Crippen molar-refractivity contribution in [2.45, 2.75) is 12.2 Å². The van der Waals surface area contributed by atoms with Gasteiger partial charge in [0.2, 0.25) is 10.0 Å². The zero-order chi connectivity index (χ0) is 16.5. The summed E-state index contributed by atoms with van der Waals surface area (Å²) >= 11 is 0. The van der Waals surface area contributed by atoms with Crippen LogP contribution in [-0.4, -0.2) is 32.2 Å². The van der Waals surface area contributed by atoms with E-state index in [0.29, 0.717) is 6.07 Å². The lowest BCUT2D eigenvalue weighted by Crippen LogP contribution is -2.38. The number of hydrogen-bond donors (Lipinski definition) is 3. The number of hydrogen-bond acceptors (Lipinski definition) is 4. The van der Waals surface area contributed by atoms with Crippen molar-refractivity contribution in [3.63, 3.8) is 0 Å². The van der Waals surface area contributed by atoms with Gasteiger partial charge >= 0.3 is 12.2 Å². The maximum absolute atomic E-state index is 12.5. The second-order valence-corrected chi connectivity index (χ2v) is 6.24. The molecule has 0 radical (unpaired) electrons. The molecule has 1 fully saturated rings. The predicted octanol–water partition coefficient (Wildman–Crippen LogP) is 0.655. The van der Waals surface area contributed by atoms with Crippen LogP contribution in [-0.2, 0) is 21.0 Å². The Hall–Kier alpha value is -2.30. The Balaban J connectivity index is 2.12. The zero-order valence-corrected chi connectivity index (χ0v) is 11.6. The van der Waals surface area contributed by atoms with E-state index >= 15 is 0 Å². The van der Waals surface area contributed by atoms with E-state index in [4.69, 9.17) is 0 Å². The van der Waals surface area contributed by atoms with Gasteiger partial charge in [0.05, 0.1) is 11.3 Å². The average molecular weight is 337 g/mol. The Morgan fingerprint density at radius 3 is 2.45 bits per heavy atom. The molecule has 1 aliphatic heterocycles. The van der Waals surface area contributed by atoms with Gasteiger partial charge in [-0.05, 0) is 18.2 Å². The van der Waals surface area contributed by atoms with Crippen LogP contribution >= 0.6 is 0 Å².